The molecule has 0 atom stereocenters. The number of carboxylic acids is 1. The molecule has 0 spiro atoms. The Labute approximate surface area is 149 Å². The summed E-state index contributed by atoms with van der Waals surface area (Å²) in [5.41, 5.74) is 0. The van der Waals surface area contributed by atoms with Crippen molar-refractivity contribution in [2.45, 2.75) is 84.0 Å². The van der Waals surface area contributed by atoms with Gasteiger partial charge in [0.05, 0.1) is 0 Å². The molecule has 0 saturated heterocycles. The van der Waals surface area contributed by atoms with E-state index in [1.807, 2.05) is 18.2 Å². The number of unbranched alkanes of at least 4 members (excludes halogenated alkanes) is 11. The smallest absolute Gasteiger partial charge is 0.328 e. The van der Waals surface area contributed by atoms with E-state index in [0.717, 1.165) is 12.5 Å². The van der Waals surface area contributed by atoms with E-state index in [9.17, 15) is 4.79 Å². The van der Waals surface area contributed by atoms with Gasteiger partial charge in [-0.05, 0) is 12.8 Å². The summed E-state index contributed by atoms with van der Waals surface area (Å²) < 4.78 is 0. The molecule has 0 aliphatic carbocycles. The highest BCUT2D eigenvalue weighted by molar-refractivity contribution is 5.80. The van der Waals surface area contributed by atoms with Crippen molar-refractivity contribution in [2.75, 3.05) is 0 Å². The van der Waals surface area contributed by atoms with Gasteiger partial charge in [-0.25, -0.2) is 4.79 Å². The topological polar surface area (TPSA) is 37.3 Å². The molecule has 0 aromatic heterocycles. The molecule has 0 aliphatic rings. The third-order valence-corrected chi connectivity index (χ3v) is 3.90. The first-order chi connectivity index (χ1) is 11.8. The van der Waals surface area contributed by atoms with Gasteiger partial charge in [-0.3, -0.25) is 0 Å². The van der Waals surface area contributed by atoms with Gasteiger partial charge < -0.3 is 5.11 Å². The fraction of sp³-hybridized carbons (Fsp3) is 0.591. The third kappa shape index (κ3) is 20.4. The van der Waals surface area contributed by atoms with Gasteiger partial charge in [0.2, 0.25) is 0 Å². The highest BCUT2D eigenvalue weighted by Gasteiger charge is 1.92. The van der Waals surface area contributed by atoms with Crippen LogP contribution in [-0.4, -0.2) is 11.1 Å². The van der Waals surface area contributed by atoms with Gasteiger partial charge >= 0.3 is 5.97 Å². The van der Waals surface area contributed by atoms with E-state index in [4.69, 9.17) is 5.11 Å². The normalized spacial score (nSPS) is 12.4. The van der Waals surface area contributed by atoms with Gasteiger partial charge in [0.1, 0.15) is 0 Å². The molecule has 0 aromatic rings. The average Bonchev–Trinajstić information content (AvgIpc) is 2.56. The van der Waals surface area contributed by atoms with Crippen molar-refractivity contribution in [3.63, 3.8) is 0 Å². The van der Waals surface area contributed by atoms with Crippen molar-refractivity contribution < 1.29 is 9.90 Å². The lowest BCUT2D eigenvalue weighted by molar-refractivity contribution is -0.131. The van der Waals surface area contributed by atoms with E-state index < -0.39 is 5.97 Å². The van der Waals surface area contributed by atoms with E-state index in [2.05, 4.69) is 19.1 Å². The zero-order chi connectivity index (χ0) is 17.7. The molecular formula is C22H36O2. The van der Waals surface area contributed by atoms with Gasteiger partial charge in [0.15, 0.2) is 0 Å². The zero-order valence-electron chi connectivity index (χ0n) is 15.5. The fourth-order valence-electron chi connectivity index (χ4n) is 2.50. The highest BCUT2D eigenvalue weighted by atomic mass is 16.4. The molecule has 0 heterocycles. The summed E-state index contributed by atoms with van der Waals surface area (Å²) in [5, 5.41) is 8.41. The first-order valence-electron chi connectivity index (χ1n) is 9.67. The number of aliphatic carboxylic acids is 1. The highest BCUT2D eigenvalue weighted by Crippen LogP contribution is 2.11. The molecule has 0 unspecified atom stereocenters. The number of allylic oxidation sites excluding steroid dienone is 7. The van der Waals surface area contributed by atoms with Crippen molar-refractivity contribution in [3.05, 3.63) is 48.6 Å². The van der Waals surface area contributed by atoms with E-state index in [0.29, 0.717) is 0 Å². The second-order valence-electron chi connectivity index (χ2n) is 6.22. The van der Waals surface area contributed by atoms with Crippen LogP contribution in [0.5, 0.6) is 0 Å². The Hall–Kier alpha value is -1.57. The summed E-state index contributed by atoms with van der Waals surface area (Å²) in [6.07, 6.45) is 30.7. The number of rotatable bonds is 16. The summed E-state index contributed by atoms with van der Waals surface area (Å²) in [6.45, 7) is 2.27. The van der Waals surface area contributed by atoms with Crippen LogP contribution in [0.2, 0.25) is 0 Å². The maximum absolute atomic E-state index is 10.2. The Balaban J connectivity index is 3.30. The zero-order valence-corrected chi connectivity index (χ0v) is 15.5. The molecule has 0 rings (SSSR count). The number of hydrogen-bond donors (Lipinski definition) is 1. The van der Waals surface area contributed by atoms with Crippen molar-refractivity contribution in [1.82, 2.24) is 0 Å². The van der Waals surface area contributed by atoms with Crippen LogP contribution in [0.1, 0.15) is 84.0 Å². The Morgan fingerprint density at radius 2 is 1.12 bits per heavy atom. The Kier molecular flexibility index (Phi) is 18.2. The summed E-state index contributed by atoms with van der Waals surface area (Å²) >= 11 is 0. The maximum atomic E-state index is 10.2. The van der Waals surface area contributed by atoms with Gasteiger partial charge in [-0.15, -0.1) is 0 Å². The number of carboxylic acid groups (broad SMARTS) is 1. The minimum Gasteiger partial charge on any atom is -0.478 e. The first kappa shape index (κ1) is 22.4. The van der Waals surface area contributed by atoms with Gasteiger partial charge in [-0.2, -0.15) is 0 Å². The molecule has 2 heteroatoms. The minimum atomic E-state index is -0.921. The van der Waals surface area contributed by atoms with Crippen LogP contribution in [0, 0.1) is 0 Å². The molecule has 0 bridgehead atoms. The summed E-state index contributed by atoms with van der Waals surface area (Å²) in [7, 11) is 0. The molecule has 0 amide bonds. The van der Waals surface area contributed by atoms with Gasteiger partial charge in [0.25, 0.3) is 0 Å². The van der Waals surface area contributed by atoms with E-state index in [1.165, 1.54) is 76.7 Å². The Morgan fingerprint density at radius 3 is 1.67 bits per heavy atom. The van der Waals surface area contributed by atoms with Crippen LogP contribution in [0.25, 0.3) is 0 Å². The van der Waals surface area contributed by atoms with Gasteiger partial charge in [0, 0.05) is 6.08 Å². The monoisotopic (exact) mass is 332 g/mol. The molecule has 24 heavy (non-hydrogen) atoms. The minimum absolute atomic E-state index is 0.921. The van der Waals surface area contributed by atoms with Crippen LogP contribution >= 0.6 is 0 Å². The molecule has 2 nitrogen and oxygen atoms in total. The van der Waals surface area contributed by atoms with Crippen LogP contribution < -0.4 is 0 Å². The quantitative estimate of drug-likeness (QED) is 0.188. The Bertz CT molecular complexity index is 389. The lowest BCUT2D eigenvalue weighted by Crippen LogP contribution is -1.84. The summed E-state index contributed by atoms with van der Waals surface area (Å²) in [6, 6.07) is 0. The van der Waals surface area contributed by atoms with Crippen molar-refractivity contribution in [2.24, 2.45) is 0 Å². The van der Waals surface area contributed by atoms with E-state index >= 15 is 0 Å². The standard InChI is InChI=1S/C22H36O2/c1-2-3-4-5-6-7-8-9-10-11-12-13-14-15-16-17-18-19-20-21-22(23)24/h14-21H,2-13H2,1H3,(H,23,24)/b15-14+,17-16-,19-18+,21-20+. The molecule has 0 aliphatic heterocycles. The van der Waals surface area contributed by atoms with E-state index in [1.54, 1.807) is 6.08 Å². The predicted octanol–water partition coefficient (Wildman–Crippen LogP) is 7.00. The second-order valence-corrected chi connectivity index (χ2v) is 6.22. The van der Waals surface area contributed by atoms with Crippen molar-refractivity contribution >= 4 is 5.97 Å². The summed E-state index contributed by atoms with van der Waals surface area (Å²) in [5.74, 6) is -0.921. The molecule has 0 saturated carbocycles. The van der Waals surface area contributed by atoms with Crippen LogP contribution in [0.3, 0.4) is 0 Å². The molecular weight excluding hydrogens is 296 g/mol. The molecule has 136 valence electrons. The first-order valence-corrected chi connectivity index (χ1v) is 9.67. The molecule has 1 N–H and O–H groups in total. The van der Waals surface area contributed by atoms with Crippen LogP contribution in [-0.2, 0) is 4.79 Å². The summed E-state index contributed by atoms with van der Waals surface area (Å²) in [4.78, 5) is 10.2. The predicted molar refractivity (Wildman–Crippen MR) is 105 cm³/mol. The van der Waals surface area contributed by atoms with E-state index in [-0.39, 0.29) is 0 Å². The SMILES string of the molecule is CCCCCCCCCCCCC/C=C/C=C\C=C\C=C\C(=O)O. The second kappa shape index (κ2) is 19.5. The maximum Gasteiger partial charge on any atom is 0.328 e. The lowest BCUT2D eigenvalue weighted by atomic mass is 10.1. The average molecular weight is 333 g/mol. The third-order valence-electron chi connectivity index (χ3n) is 3.90. The van der Waals surface area contributed by atoms with Crippen molar-refractivity contribution in [1.29, 1.82) is 0 Å². The lowest BCUT2D eigenvalue weighted by Gasteiger charge is -2.01. The number of carbonyl (C=O) groups is 1. The molecule has 0 fully saturated rings. The Morgan fingerprint density at radius 1 is 0.667 bits per heavy atom. The largest absolute Gasteiger partial charge is 0.478 e. The molecule has 0 aromatic carbocycles. The van der Waals surface area contributed by atoms with Crippen molar-refractivity contribution in [3.8, 4) is 0 Å². The fourth-order valence-corrected chi connectivity index (χ4v) is 2.50. The van der Waals surface area contributed by atoms with Crippen LogP contribution in [0.4, 0.5) is 0 Å². The molecule has 0 radical (unpaired) electrons. The van der Waals surface area contributed by atoms with Gasteiger partial charge in [-0.1, -0.05) is 114 Å². The number of hydrogen-bond acceptors (Lipinski definition) is 1. The van der Waals surface area contributed by atoms with Crippen LogP contribution in [0.15, 0.2) is 48.6 Å².